The topological polar surface area (TPSA) is 110 Å². The van der Waals surface area contributed by atoms with Crippen LogP contribution < -0.4 is 4.90 Å². The zero-order valence-corrected chi connectivity index (χ0v) is 21.2. The standard InChI is InChI=1S/C29H25FN8O/c1-36-13-19(12-34-36)25-8-22-28(18(9-31)11-33-29(22)35-25)17-5-6-27(32-10-17)37-14-20-7-21(15-37)38(20)16-23-24(30)3-2-4-26(23)39/h2-6,8,10-13,20-21,39H,7,14-16H2,1H3,(H,33,35). The molecule has 0 radical (unpaired) electrons. The fraction of sp³-hybridized carbons (Fsp3) is 0.241. The van der Waals surface area contributed by atoms with Crippen LogP contribution >= 0.6 is 0 Å². The molecule has 194 valence electrons. The van der Waals surface area contributed by atoms with Crippen molar-refractivity contribution in [1.82, 2.24) is 29.6 Å². The maximum atomic E-state index is 14.3. The minimum absolute atomic E-state index is 0.00558. The molecular weight excluding hydrogens is 495 g/mol. The second-order valence-electron chi connectivity index (χ2n) is 10.3. The van der Waals surface area contributed by atoms with Gasteiger partial charge in [-0.1, -0.05) is 6.07 Å². The zero-order chi connectivity index (χ0) is 26.7. The maximum absolute atomic E-state index is 14.3. The monoisotopic (exact) mass is 520 g/mol. The number of piperazine rings is 1. The number of H-pyrrole nitrogens is 1. The van der Waals surface area contributed by atoms with Crippen molar-refractivity contribution in [2.75, 3.05) is 18.0 Å². The van der Waals surface area contributed by atoms with Gasteiger partial charge in [0.15, 0.2) is 0 Å². The molecule has 39 heavy (non-hydrogen) atoms. The highest BCUT2D eigenvalue weighted by Gasteiger charge is 2.45. The Kier molecular flexibility index (Phi) is 5.35. The minimum atomic E-state index is -0.369. The molecule has 9 nitrogen and oxygen atoms in total. The number of rotatable bonds is 5. The maximum Gasteiger partial charge on any atom is 0.138 e. The largest absolute Gasteiger partial charge is 0.508 e. The number of aromatic nitrogens is 5. The van der Waals surface area contributed by atoms with Crippen molar-refractivity contribution in [3.05, 3.63) is 78.1 Å². The molecule has 10 heteroatoms. The second-order valence-corrected chi connectivity index (χ2v) is 10.3. The average Bonchev–Trinajstić information content (AvgIpc) is 3.58. The first-order valence-corrected chi connectivity index (χ1v) is 12.8. The molecule has 0 amide bonds. The average molecular weight is 521 g/mol. The quantitative estimate of drug-likeness (QED) is 0.357. The van der Waals surface area contributed by atoms with Gasteiger partial charge in [-0.15, -0.1) is 0 Å². The van der Waals surface area contributed by atoms with Gasteiger partial charge >= 0.3 is 0 Å². The number of pyridine rings is 2. The van der Waals surface area contributed by atoms with Crippen molar-refractivity contribution in [1.29, 1.82) is 5.26 Å². The van der Waals surface area contributed by atoms with Gasteiger partial charge in [0.25, 0.3) is 0 Å². The molecule has 0 saturated carbocycles. The van der Waals surface area contributed by atoms with Crippen LogP contribution in [0.15, 0.2) is 61.2 Å². The van der Waals surface area contributed by atoms with Gasteiger partial charge < -0.3 is 15.0 Å². The van der Waals surface area contributed by atoms with E-state index in [1.54, 1.807) is 17.1 Å². The van der Waals surface area contributed by atoms with Crippen LogP contribution in [0.4, 0.5) is 10.2 Å². The van der Waals surface area contributed by atoms with E-state index >= 15 is 0 Å². The molecule has 0 spiro atoms. The normalized spacial score (nSPS) is 18.7. The van der Waals surface area contributed by atoms with Crippen molar-refractivity contribution in [3.63, 3.8) is 0 Å². The molecule has 1 aromatic carbocycles. The first-order chi connectivity index (χ1) is 19.0. The van der Waals surface area contributed by atoms with E-state index in [4.69, 9.17) is 4.98 Å². The van der Waals surface area contributed by atoms with Gasteiger partial charge in [-0.25, -0.2) is 14.4 Å². The Bertz CT molecular complexity index is 1720. The van der Waals surface area contributed by atoms with Gasteiger partial charge in [-0.3, -0.25) is 9.58 Å². The number of nitriles is 1. The third kappa shape index (κ3) is 3.90. The van der Waals surface area contributed by atoms with Crippen molar-refractivity contribution in [2.45, 2.75) is 25.0 Å². The van der Waals surface area contributed by atoms with Gasteiger partial charge in [-0.2, -0.15) is 10.4 Å². The van der Waals surface area contributed by atoms with Crippen molar-refractivity contribution in [2.24, 2.45) is 7.05 Å². The van der Waals surface area contributed by atoms with Crippen LogP contribution in [0.1, 0.15) is 17.5 Å². The lowest BCUT2D eigenvalue weighted by molar-refractivity contribution is -0.00996. The summed E-state index contributed by atoms with van der Waals surface area (Å²) in [5.41, 5.74) is 5.01. The van der Waals surface area contributed by atoms with Crippen LogP contribution in [-0.4, -0.2) is 59.9 Å². The number of aryl methyl sites for hydroxylation is 1. The van der Waals surface area contributed by atoms with Crippen molar-refractivity contribution < 1.29 is 9.50 Å². The van der Waals surface area contributed by atoms with E-state index in [1.807, 2.05) is 37.6 Å². The van der Waals surface area contributed by atoms with Crippen LogP contribution in [0.25, 0.3) is 33.4 Å². The lowest BCUT2D eigenvalue weighted by Crippen LogP contribution is -2.68. The highest BCUT2D eigenvalue weighted by molar-refractivity contribution is 5.98. The minimum Gasteiger partial charge on any atom is -0.508 e. The van der Waals surface area contributed by atoms with E-state index in [1.165, 1.54) is 18.2 Å². The summed E-state index contributed by atoms with van der Waals surface area (Å²) in [6.07, 6.45) is 8.17. The van der Waals surface area contributed by atoms with Crippen LogP contribution in [0, 0.1) is 17.1 Å². The SMILES string of the molecule is Cn1cc(-c2cc3c(-c4ccc(N5CC6CC(C5)N6Cc5c(O)cccc5F)nc4)c(C#N)cnc3[nH]2)cn1. The number of benzene rings is 1. The number of halogens is 1. The van der Waals surface area contributed by atoms with Crippen molar-refractivity contribution in [3.8, 4) is 34.2 Å². The first-order valence-electron chi connectivity index (χ1n) is 12.8. The smallest absolute Gasteiger partial charge is 0.138 e. The fourth-order valence-electron chi connectivity index (χ4n) is 5.93. The number of fused-ring (bicyclic) bond motifs is 3. The molecule has 5 aromatic rings. The van der Waals surface area contributed by atoms with Crippen LogP contribution in [0.5, 0.6) is 5.75 Å². The number of aromatic amines is 1. The Labute approximate surface area is 223 Å². The molecule has 3 saturated heterocycles. The van der Waals surface area contributed by atoms with Crippen LogP contribution in [0.2, 0.25) is 0 Å². The predicted octanol–water partition coefficient (Wildman–Crippen LogP) is 4.20. The Morgan fingerprint density at radius 1 is 1.10 bits per heavy atom. The molecular formula is C29H25FN8O. The van der Waals surface area contributed by atoms with E-state index in [2.05, 4.69) is 30.9 Å². The van der Waals surface area contributed by atoms with E-state index < -0.39 is 0 Å². The molecule has 7 heterocycles. The highest BCUT2D eigenvalue weighted by Crippen LogP contribution is 2.38. The van der Waals surface area contributed by atoms with E-state index in [0.29, 0.717) is 23.3 Å². The van der Waals surface area contributed by atoms with Crippen LogP contribution in [0.3, 0.4) is 0 Å². The van der Waals surface area contributed by atoms with Crippen LogP contribution in [-0.2, 0) is 13.6 Å². The molecule has 3 fully saturated rings. The molecule has 2 N–H and O–H groups in total. The molecule has 2 bridgehead atoms. The fourth-order valence-corrected chi connectivity index (χ4v) is 5.93. The first kappa shape index (κ1) is 23.4. The summed E-state index contributed by atoms with van der Waals surface area (Å²) in [5.74, 6) is 0.507. The molecule has 3 aliphatic rings. The molecule has 0 aliphatic carbocycles. The van der Waals surface area contributed by atoms with E-state index in [9.17, 15) is 14.8 Å². The number of nitrogens with zero attached hydrogens (tertiary/aromatic N) is 7. The third-order valence-electron chi connectivity index (χ3n) is 7.93. The number of piperidine rings is 1. The summed E-state index contributed by atoms with van der Waals surface area (Å²) in [6.45, 7) is 1.97. The molecule has 2 unspecified atom stereocenters. The summed E-state index contributed by atoms with van der Waals surface area (Å²) < 4.78 is 16.0. The molecule has 8 rings (SSSR count). The Morgan fingerprint density at radius 3 is 2.64 bits per heavy atom. The summed E-state index contributed by atoms with van der Waals surface area (Å²) in [6, 6.07) is 13.3. The van der Waals surface area contributed by atoms with Gasteiger partial charge in [0, 0.05) is 85.0 Å². The van der Waals surface area contributed by atoms with Gasteiger partial charge in [0.05, 0.1) is 17.5 Å². The number of phenolic OH excluding ortho intramolecular Hbond substituents is 1. The number of anilines is 1. The Hall–Kier alpha value is -4.75. The molecule has 4 aromatic heterocycles. The number of phenols is 1. The third-order valence-corrected chi connectivity index (χ3v) is 7.93. The number of nitrogens with one attached hydrogen (secondary N) is 1. The lowest BCUT2D eigenvalue weighted by Gasteiger charge is -2.56. The van der Waals surface area contributed by atoms with Gasteiger partial charge in [-0.05, 0) is 36.8 Å². The lowest BCUT2D eigenvalue weighted by atomic mass is 9.86. The Morgan fingerprint density at radius 2 is 1.95 bits per heavy atom. The molecule has 3 aliphatic heterocycles. The highest BCUT2D eigenvalue weighted by atomic mass is 19.1. The Balaban J connectivity index is 1.13. The summed E-state index contributed by atoms with van der Waals surface area (Å²) in [7, 11) is 1.87. The second kappa shape index (κ2) is 8.92. The van der Waals surface area contributed by atoms with Crippen molar-refractivity contribution >= 4 is 16.9 Å². The molecule has 2 atom stereocenters. The summed E-state index contributed by atoms with van der Waals surface area (Å²) >= 11 is 0. The van der Waals surface area contributed by atoms with E-state index in [-0.39, 0.29) is 23.7 Å². The summed E-state index contributed by atoms with van der Waals surface area (Å²) in [4.78, 5) is 17.1. The number of hydrogen-bond donors (Lipinski definition) is 2. The summed E-state index contributed by atoms with van der Waals surface area (Å²) in [5, 5.41) is 25.1. The zero-order valence-electron chi connectivity index (χ0n) is 21.2. The number of hydrogen-bond acceptors (Lipinski definition) is 7. The number of aromatic hydroxyl groups is 1. The predicted molar refractivity (Wildman–Crippen MR) is 144 cm³/mol. The van der Waals surface area contributed by atoms with E-state index in [0.717, 1.165) is 53.1 Å². The van der Waals surface area contributed by atoms with Gasteiger partial charge in [0.2, 0.25) is 0 Å². The van der Waals surface area contributed by atoms with Gasteiger partial charge in [0.1, 0.15) is 29.1 Å².